The summed E-state index contributed by atoms with van der Waals surface area (Å²) in [5.74, 6) is -0.445. The van der Waals surface area contributed by atoms with Crippen LogP contribution in [0, 0.1) is 0 Å². The van der Waals surface area contributed by atoms with Crippen LogP contribution in [0.25, 0.3) is 0 Å². The lowest BCUT2D eigenvalue weighted by Crippen LogP contribution is -2.70. The van der Waals surface area contributed by atoms with Crippen LogP contribution in [-0.4, -0.2) is 79.3 Å². The minimum absolute atomic E-state index is 0.196. The SMILES string of the molecule is C[C@H]1c2cc(O)c(O)cc2CCN1[C@]1(CO)OC[C@@H](O)[C@@H](O)[C@@H]1O. The third kappa shape index (κ3) is 2.46. The zero-order valence-electron chi connectivity index (χ0n) is 13.3. The van der Waals surface area contributed by atoms with Gasteiger partial charge >= 0.3 is 0 Å². The van der Waals surface area contributed by atoms with Crippen LogP contribution in [0.4, 0.5) is 0 Å². The minimum atomic E-state index is -1.55. The van der Waals surface area contributed by atoms with E-state index in [0.717, 1.165) is 11.1 Å². The molecule has 0 bridgehead atoms. The predicted molar refractivity (Wildman–Crippen MR) is 82.4 cm³/mol. The van der Waals surface area contributed by atoms with Crippen molar-refractivity contribution in [1.29, 1.82) is 0 Å². The topological polar surface area (TPSA) is 134 Å². The fourth-order valence-corrected chi connectivity index (χ4v) is 3.73. The molecule has 8 heteroatoms. The first-order valence-electron chi connectivity index (χ1n) is 7.92. The first kappa shape index (κ1) is 17.4. The molecule has 0 saturated carbocycles. The maximum Gasteiger partial charge on any atom is 0.174 e. The van der Waals surface area contributed by atoms with E-state index in [1.807, 2.05) is 6.92 Å². The number of hydrogen-bond donors (Lipinski definition) is 6. The smallest absolute Gasteiger partial charge is 0.174 e. The van der Waals surface area contributed by atoms with Gasteiger partial charge in [-0.3, -0.25) is 4.90 Å². The Balaban J connectivity index is 1.98. The molecule has 0 spiro atoms. The Morgan fingerprint density at radius 1 is 1.21 bits per heavy atom. The Labute approximate surface area is 139 Å². The molecule has 0 radical (unpaired) electrons. The van der Waals surface area contributed by atoms with Crippen molar-refractivity contribution in [2.75, 3.05) is 19.8 Å². The van der Waals surface area contributed by atoms with E-state index in [-0.39, 0.29) is 24.1 Å². The monoisotopic (exact) mass is 341 g/mol. The Morgan fingerprint density at radius 2 is 1.88 bits per heavy atom. The molecule has 1 saturated heterocycles. The number of rotatable bonds is 2. The van der Waals surface area contributed by atoms with Gasteiger partial charge in [0.25, 0.3) is 0 Å². The average molecular weight is 341 g/mol. The van der Waals surface area contributed by atoms with Crippen molar-refractivity contribution in [3.63, 3.8) is 0 Å². The highest BCUT2D eigenvalue weighted by molar-refractivity contribution is 5.47. The number of ether oxygens (including phenoxy) is 1. The van der Waals surface area contributed by atoms with Crippen LogP contribution in [0.15, 0.2) is 12.1 Å². The van der Waals surface area contributed by atoms with Gasteiger partial charge in [-0.2, -0.15) is 0 Å². The van der Waals surface area contributed by atoms with Gasteiger partial charge < -0.3 is 35.4 Å². The van der Waals surface area contributed by atoms with Crippen molar-refractivity contribution in [3.05, 3.63) is 23.3 Å². The molecule has 2 aliphatic heterocycles. The first-order chi connectivity index (χ1) is 11.3. The Morgan fingerprint density at radius 3 is 2.54 bits per heavy atom. The van der Waals surface area contributed by atoms with E-state index in [9.17, 15) is 30.6 Å². The van der Waals surface area contributed by atoms with Gasteiger partial charge in [-0.25, -0.2) is 0 Å². The summed E-state index contributed by atoms with van der Waals surface area (Å²) in [4.78, 5) is 1.71. The van der Waals surface area contributed by atoms with E-state index < -0.39 is 30.6 Å². The van der Waals surface area contributed by atoms with Crippen molar-refractivity contribution in [2.45, 2.75) is 43.4 Å². The second kappa shape index (κ2) is 6.14. The summed E-state index contributed by atoms with van der Waals surface area (Å²) in [6.45, 7) is 1.44. The van der Waals surface area contributed by atoms with Gasteiger partial charge in [-0.05, 0) is 36.6 Å². The molecule has 0 aliphatic carbocycles. The van der Waals surface area contributed by atoms with Crippen LogP contribution < -0.4 is 0 Å². The largest absolute Gasteiger partial charge is 0.504 e. The highest BCUT2D eigenvalue weighted by atomic mass is 16.6. The zero-order valence-corrected chi connectivity index (χ0v) is 13.3. The number of benzene rings is 1. The fourth-order valence-electron chi connectivity index (χ4n) is 3.73. The highest BCUT2D eigenvalue weighted by Crippen LogP contribution is 2.42. The lowest BCUT2D eigenvalue weighted by Gasteiger charge is -2.53. The van der Waals surface area contributed by atoms with Gasteiger partial charge in [0.1, 0.15) is 18.3 Å². The van der Waals surface area contributed by atoms with Crippen LogP contribution in [-0.2, 0) is 11.2 Å². The van der Waals surface area contributed by atoms with Crippen LogP contribution in [0.5, 0.6) is 11.5 Å². The Kier molecular flexibility index (Phi) is 4.45. The Bertz CT molecular complexity index is 625. The van der Waals surface area contributed by atoms with Gasteiger partial charge in [0.05, 0.1) is 13.2 Å². The Hall–Kier alpha value is -1.42. The molecule has 3 rings (SSSR count). The normalized spacial score (nSPS) is 37.2. The van der Waals surface area contributed by atoms with Crippen molar-refractivity contribution in [1.82, 2.24) is 4.90 Å². The van der Waals surface area contributed by atoms with Gasteiger partial charge in [-0.1, -0.05) is 0 Å². The van der Waals surface area contributed by atoms with Gasteiger partial charge in [0.15, 0.2) is 17.2 Å². The summed E-state index contributed by atoms with van der Waals surface area (Å²) in [6, 6.07) is 2.60. The molecule has 1 fully saturated rings. The number of phenols is 2. The molecule has 134 valence electrons. The van der Waals surface area contributed by atoms with E-state index in [2.05, 4.69) is 0 Å². The molecule has 24 heavy (non-hydrogen) atoms. The maximum absolute atomic E-state index is 10.4. The second-order valence-electron chi connectivity index (χ2n) is 6.48. The predicted octanol–water partition coefficient (Wildman–Crippen LogP) is -1.18. The van der Waals surface area contributed by atoms with E-state index in [4.69, 9.17) is 4.74 Å². The fraction of sp³-hybridized carbons (Fsp3) is 0.625. The summed E-state index contributed by atoms with van der Waals surface area (Å²) in [7, 11) is 0. The summed E-state index contributed by atoms with van der Waals surface area (Å²) < 4.78 is 5.59. The molecule has 2 heterocycles. The van der Waals surface area contributed by atoms with Crippen LogP contribution in [0.3, 0.4) is 0 Å². The van der Waals surface area contributed by atoms with Crippen LogP contribution >= 0.6 is 0 Å². The molecular formula is C16H23NO7. The van der Waals surface area contributed by atoms with Crippen LogP contribution in [0.1, 0.15) is 24.1 Å². The second-order valence-corrected chi connectivity index (χ2v) is 6.48. The van der Waals surface area contributed by atoms with Gasteiger partial charge in [0, 0.05) is 12.6 Å². The third-order valence-corrected chi connectivity index (χ3v) is 5.17. The molecule has 0 aromatic heterocycles. The van der Waals surface area contributed by atoms with E-state index in [1.54, 1.807) is 4.90 Å². The van der Waals surface area contributed by atoms with Crippen molar-refractivity contribution >= 4 is 0 Å². The van der Waals surface area contributed by atoms with Crippen molar-refractivity contribution in [3.8, 4) is 11.5 Å². The lowest BCUT2D eigenvalue weighted by molar-refractivity contribution is -0.308. The quantitative estimate of drug-likeness (QED) is 0.370. The summed E-state index contributed by atoms with van der Waals surface area (Å²) in [5.41, 5.74) is 0.0392. The molecular weight excluding hydrogens is 318 g/mol. The zero-order chi connectivity index (χ0) is 17.6. The first-order valence-corrected chi connectivity index (χ1v) is 7.92. The number of aliphatic hydroxyl groups is 4. The number of hydrogen-bond acceptors (Lipinski definition) is 8. The minimum Gasteiger partial charge on any atom is -0.504 e. The third-order valence-electron chi connectivity index (χ3n) is 5.17. The van der Waals surface area contributed by atoms with Gasteiger partial charge in [0.2, 0.25) is 0 Å². The number of aromatic hydroxyl groups is 2. The average Bonchev–Trinajstić information content (AvgIpc) is 2.56. The van der Waals surface area contributed by atoms with Gasteiger partial charge in [-0.15, -0.1) is 0 Å². The van der Waals surface area contributed by atoms with E-state index in [0.29, 0.717) is 13.0 Å². The maximum atomic E-state index is 10.4. The van der Waals surface area contributed by atoms with E-state index in [1.165, 1.54) is 12.1 Å². The standard InChI is InChI=1S/C16H23NO7/c1-8-10-5-12(20)11(19)4-9(10)2-3-17(8)16(7-18)15(23)14(22)13(21)6-24-16/h4-5,8,13-15,18-23H,2-3,6-7H2,1H3/t8-,13+,14+,15-,16+/m0/s1. The molecule has 0 unspecified atom stereocenters. The molecule has 2 aliphatic rings. The van der Waals surface area contributed by atoms with Crippen molar-refractivity contribution in [2.24, 2.45) is 0 Å². The van der Waals surface area contributed by atoms with Crippen LogP contribution in [0.2, 0.25) is 0 Å². The molecule has 6 N–H and O–H groups in total. The van der Waals surface area contributed by atoms with E-state index >= 15 is 0 Å². The van der Waals surface area contributed by atoms with Crippen molar-refractivity contribution < 1.29 is 35.4 Å². The molecule has 1 aromatic carbocycles. The summed E-state index contributed by atoms with van der Waals surface area (Å²) in [5, 5.41) is 59.5. The molecule has 8 nitrogen and oxygen atoms in total. The summed E-state index contributed by atoms with van der Waals surface area (Å²) in [6.07, 6.45) is -3.66. The molecule has 5 atom stereocenters. The summed E-state index contributed by atoms with van der Waals surface area (Å²) >= 11 is 0. The highest BCUT2D eigenvalue weighted by Gasteiger charge is 2.54. The molecule has 0 amide bonds. The molecule has 1 aromatic rings. The number of fused-ring (bicyclic) bond motifs is 1. The number of phenolic OH excluding ortho intramolecular Hbond substituents is 2. The lowest BCUT2D eigenvalue weighted by atomic mass is 9.86. The number of aliphatic hydroxyl groups excluding tert-OH is 4. The number of nitrogens with zero attached hydrogens (tertiary/aromatic N) is 1.